The Morgan fingerprint density at radius 1 is 0.703 bits per heavy atom. The molecule has 2 rings (SSSR count). The van der Waals surface area contributed by atoms with Crippen molar-refractivity contribution in [3.8, 4) is 0 Å². The van der Waals surface area contributed by atoms with Crippen LogP contribution >= 0.6 is 0 Å². The lowest BCUT2D eigenvalue weighted by atomic mass is 9.90. The van der Waals surface area contributed by atoms with E-state index in [1.807, 2.05) is 83.1 Å². The third-order valence-electron chi connectivity index (χ3n) is 5.86. The van der Waals surface area contributed by atoms with Crippen molar-refractivity contribution in [3.05, 3.63) is 13.2 Å². The summed E-state index contributed by atoms with van der Waals surface area (Å²) in [5, 5.41) is 9.33. The van der Waals surface area contributed by atoms with Gasteiger partial charge in [0.1, 0.15) is 6.79 Å². The molecule has 226 valence electrons. The van der Waals surface area contributed by atoms with Gasteiger partial charge < -0.3 is 43.1 Å². The van der Waals surface area contributed by atoms with Gasteiger partial charge in [0.25, 0.3) is 0 Å². The summed E-state index contributed by atoms with van der Waals surface area (Å²) < 4.78 is 41.0. The van der Waals surface area contributed by atoms with E-state index in [1.165, 1.54) is 0 Å². The number of oxime groups is 1. The molecular formula is C27H59NO9. The van der Waals surface area contributed by atoms with Crippen molar-refractivity contribution in [1.29, 1.82) is 0 Å². The lowest BCUT2D eigenvalue weighted by Crippen LogP contribution is -2.41. The van der Waals surface area contributed by atoms with Gasteiger partial charge in [-0.2, -0.15) is 0 Å². The summed E-state index contributed by atoms with van der Waals surface area (Å²) in [6, 6.07) is 0. The van der Waals surface area contributed by atoms with Crippen LogP contribution in [0.5, 0.6) is 0 Å². The van der Waals surface area contributed by atoms with Crippen LogP contribution in [0.3, 0.4) is 0 Å². The van der Waals surface area contributed by atoms with Crippen molar-refractivity contribution in [2.75, 3.05) is 35.2 Å². The topological polar surface area (TPSA) is 106 Å². The van der Waals surface area contributed by atoms with E-state index in [-0.39, 0.29) is 29.2 Å². The smallest absolute Gasteiger partial charge is 0.163 e. The molecule has 2 aliphatic heterocycles. The Kier molecular flexibility index (Phi) is 23.1. The van der Waals surface area contributed by atoms with Crippen molar-refractivity contribution in [3.63, 3.8) is 0 Å². The zero-order valence-corrected chi connectivity index (χ0v) is 26.6. The molecule has 2 atom stereocenters. The van der Waals surface area contributed by atoms with Gasteiger partial charge in [-0.25, -0.2) is 0 Å². The Morgan fingerprint density at radius 2 is 0.919 bits per heavy atom. The second-order valence-electron chi connectivity index (χ2n) is 10.2. The molecule has 10 nitrogen and oxygen atoms in total. The highest BCUT2D eigenvalue weighted by Gasteiger charge is 2.44. The first-order valence-corrected chi connectivity index (χ1v) is 12.1. The highest BCUT2D eigenvalue weighted by molar-refractivity contribution is 5.20. The van der Waals surface area contributed by atoms with Crippen molar-refractivity contribution < 1.29 is 43.1 Å². The molecule has 0 aromatic carbocycles. The largest absolute Gasteiger partial charge is 0.411 e. The average molecular weight is 542 g/mol. The third kappa shape index (κ3) is 21.5. The van der Waals surface area contributed by atoms with E-state index in [2.05, 4.69) is 25.0 Å². The van der Waals surface area contributed by atoms with Crippen molar-refractivity contribution >= 4 is 6.72 Å². The molecule has 1 N–H and O–H groups in total. The van der Waals surface area contributed by atoms with Crippen LogP contribution in [-0.4, -0.2) is 87.9 Å². The highest BCUT2D eigenvalue weighted by Crippen LogP contribution is 2.34. The summed E-state index contributed by atoms with van der Waals surface area (Å²) in [5.74, 6) is -1.20. The number of rotatable bonds is 4. The molecule has 0 saturated carbocycles. The summed E-state index contributed by atoms with van der Waals surface area (Å²) in [4.78, 5) is 0. The highest BCUT2D eigenvalue weighted by atomic mass is 16.8. The lowest BCUT2D eigenvalue weighted by Gasteiger charge is -2.30. The predicted octanol–water partition coefficient (Wildman–Crippen LogP) is 6.00. The fourth-order valence-corrected chi connectivity index (χ4v) is 1.95. The molecular weight excluding hydrogens is 482 g/mol. The molecule has 2 heterocycles. The fraction of sp³-hybridized carbons (Fsp3) is 0.889. The van der Waals surface area contributed by atoms with Crippen molar-refractivity contribution in [1.82, 2.24) is 0 Å². The molecule has 0 spiro atoms. The van der Waals surface area contributed by atoms with Crippen LogP contribution in [0.15, 0.2) is 18.3 Å². The molecule has 0 bridgehead atoms. The van der Waals surface area contributed by atoms with Gasteiger partial charge >= 0.3 is 0 Å². The van der Waals surface area contributed by atoms with Crippen LogP contribution in [0.1, 0.15) is 83.1 Å². The van der Waals surface area contributed by atoms with Gasteiger partial charge in [-0.3, -0.25) is 0 Å². The molecule has 0 aliphatic carbocycles. The number of nitrogens with zero attached hydrogens (tertiary/aromatic N) is 1. The standard InChI is InChI=1S/2C7H14O2.2C5H12O2.C2H4.CH3NO/c1-6(2)7(3,4)9-5-8-6;1-5-6(2)9-7(3,4)8-5;2*1-5(2,6-3)7-4;1-2;1-2-3/h5H2,1-4H3;5-6H,1-4H3;2*1-4H3;1-2H2;3H,1H2. The van der Waals surface area contributed by atoms with Crippen LogP contribution in [0.25, 0.3) is 0 Å². The molecule has 2 unspecified atom stereocenters. The maximum absolute atomic E-state index is 7.08. The van der Waals surface area contributed by atoms with Crippen LogP contribution in [0, 0.1) is 0 Å². The lowest BCUT2D eigenvalue weighted by molar-refractivity contribution is -0.179. The molecule has 0 radical (unpaired) electrons. The summed E-state index contributed by atoms with van der Waals surface area (Å²) in [6.07, 6.45) is 0.472. The van der Waals surface area contributed by atoms with Crippen LogP contribution in [-0.2, 0) is 37.9 Å². The van der Waals surface area contributed by atoms with Gasteiger partial charge in [-0.05, 0) is 83.1 Å². The first kappa shape index (κ1) is 43.0. The maximum atomic E-state index is 7.08. The number of methoxy groups -OCH3 is 4. The van der Waals surface area contributed by atoms with Crippen molar-refractivity contribution in [2.24, 2.45) is 5.16 Å². The Balaban J connectivity index is -0.000000186. The summed E-state index contributed by atoms with van der Waals surface area (Å²) >= 11 is 0. The minimum atomic E-state index is -0.417. The van der Waals surface area contributed by atoms with E-state index in [1.54, 1.807) is 28.4 Å². The third-order valence-corrected chi connectivity index (χ3v) is 5.86. The number of hydrogen-bond donors (Lipinski definition) is 1. The van der Waals surface area contributed by atoms with Gasteiger partial charge in [0.05, 0.1) is 23.4 Å². The Morgan fingerprint density at radius 3 is 0.973 bits per heavy atom. The molecule has 0 aromatic rings. The van der Waals surface area contributed by atoms with Gasteiger partial charge in [0, 0.05) is 35.2 Å². The van der Waals surface area contributed by atoms with Gasteiger partial charge in [-0.1, -0.05) is 0 Å². The van der Waals surface area contributed by atoms with Gasteiger partial charge in [0.2, 0.25) is 0 Å². The van der Waals surface area contributed by atoms with E-state index in [0.717, 1.165) is 0 Å². The van der Waals surface area contributed by atoms with Crippen LogP contribution in [0.2, 0.25) is 0 Å². The van der Waals surface area contributed by atoms with E-state index >= 15 is 0 Å². The minimum Gasteiger partial charge on any atom is -0.411 e. The van der Waals surface area contributed by atoms with E-state index in [0.29, 0.717) is 6.79 Å². The predicted molar refractivity (Wildman–Crippen MR) is 149 cm³/mol. The minimum absolute atomic E-state index is 0.132. The summed E-state index contributed by atoms with van der Waals surface area (Å²) in [5.41, 5.74) is -0.264. The second kappa shape index (κ2) is 19.9. The summed E-state index contributed by atoms with van der Waals surface area (Å²) in [7, 11) is 6.46. The fourth-order valence-electron chi connectivity index (χ4n) is 1.95. The Bertz CT molecular complexity index is 510. The molecule has 0 aromatic heterocycles. The van der Waals surface area contributed by atoms with E-state index in [9.17, 15) is 0 Å². The monoisotopic (exact) mass is 541 g/mol. The first-order chi connectivity index (χ1) is 16.6. The Hall–Kier alpha value is -1.11. The van der Waals surface area contributed by atoms with Gasteiger partial charge in [0.15, 0.2) is 17.4 Å². The maximum Gasteiger partial charge on any atom is 0.163 e. The Labute approximate surface area is 227 Å². The second-order valence-corrected chi connectivity index (χ2v) is 10.2. The zero-order chi connectivity index (χ0) is 30.7. The van der Waals surface area contributed by atoms with E-state index in [4.69, 9.17) is 43.1 Å². The quantitative estimate of drug-likeness (QED) is 0.151. The van der Waals surface area contributed by atoms with Crippen LogP contribution < -0.4 is 0 Å². The molecule has 2 saturated heterocycles. The van der Waals surface area contributed by atoms with Crippen molar-refractivity contribution in [2.45, 2.75) is 124 Å². The molecule has 10 heteroatoms. The van der Waals surface area contributed by atoms with E-state index < -0.39 is 11.6 Å². The molecule has 0 amide bonds. The zero-order valence-electron chi connectivity index (χ0n) is 26.6. The average Bonchev–Trinajstić information content (AvgIpc) is 3.20. The SMILES string of the molecule is C=C.C=NO.CC1(C)OCOC1(C)C.CC1OC(C)(C)OC1C.COC(C)(C)OC.COC(C)(C)OC. The molecule has 37 heavy (non-hydrogen) atoms. The number of ether oxygens (including phenoxy) is 8. The van der Waals surface area contributed by atoms with Gasteiger partial charge in [-0.15, -0.1) is 18.3 Å². The molecule has 2 aliphatic rings. The normalized spacial score (nSPS) is 22.5. The first-order valence-electron chi connectivity index (χ1n) is 12.1. The molecule has 2 fully saturated rings. The van der Waals surface area contributed by atoms with Crippen LogP contribution in [0.4, 0.5) is 0 Å². The number of hydrogen-bond acceptors (Lipinski definition) is 10. The summed E-state index contributed by atoms with van der Waals surface area (Å²) in [6.45, 7) is 32.6.